The second kappa shape index (κ2) is 6.11. The summed E-state index contributed by atoms with van der Waals surface area (Å²) in [6.07, 6.45) is 0.0427. The highest BCUT2D eigenvalue weighted by molar-refractivity contribution is 6.32. The van der Waals surface area contributed by atoms with Crippen molar-refractivity contribution in [3.63, 3.8) is 0 Å². The van der Waals surface area contributed by atoms with Gasteiger partial charge in [0.1, 0.15) is 0 Å². The Bertz CT molecular complexity index is 500. The molecule has 0 heterocycles. The van der Waals surface area contributed by atoms with Gasteiger partial charge in [-0.05, 0) is 18.6 Å². The molecule has 0 saturated heterocycles. The van der Waals surface area contributed by atoms with Gasteiger partial charge in [-0.1, -0.05) is 11.6 Å². The fourth-order valence-corrected chi connectivity index (χ4v) is 1.68. The summed E-state index contributed by atoms with van der Waals surface area (Å²) in [7, 11) is 0. The van der Waals surface area contributed by atoms with E-state index in [0.29, 0.717) is 6.29 Å². The van der Waals surface area contributed by atoms with E-state index in [1.54, 1.807) is 6.92 Å². The van der Waals surface area contributed by atoms with Crippen LogP contribution in [0.25, 0.3) is 0 Å². The van der Waals surface area contributed by atoms with Gasteiger partial charge in [-0.15, -0.1) is 0 Å². The summed E-state index contributed by atoms with van der Waals surface area (Å²) in [5.74, 6) is -0.594. The van der Waals surface area contributed by atoms with Crippen LogP contribution in [0.15, 0.2) is 12.1 Å². The third-order valence-corrected chi connectivity index (χ3v) is 2.57. The van der Waals surface area contributed by atoms with Gasteiger partial charge in [-0.2, -0.15) is 0 Å². The highest BCUT2D eigenvalue weighted by atomic mass is 35.5. The molecule has 0 bridgehead atoms. The van der Waals surface area contributed by atoms with Crippen LogP contribution in [0.2, 0.25) is 5.02 Å². The number of nitro groups is 1. The maximum absolute atomic E-state index is 11.3. The predicted octanol–water partition coefficient (Wildman–Crippen LogP) is 2.17. The molecular formula is C11H10ClNO5. The lowest BCUT2D eigenvalue weighted by Gasteiger charge is -2.07. The second-order valence-electron chi connectivity index (χ2n) is 3.32. The number of aldehydes is 1. The Morgan fingerprint density at radius 3 is 2.72 bits per heavy atom. The second-order valence-corrected chi connectivity index (χ2v) is 3.72. The zero-order valence-corrected chi connectivity index (χ0v) is 10.3. The van der Waals surface area contributed by atoms with Gasteiger partial charge in [0.2, 0.25) is 0 Å². The minimum atomic E-state index is -0.700. The minimum absolute atomic E-state index is 0.110. The highest BCUT2D eigenvalue weighted by Crippen LogP contribution is 2.28. The van der Waals surface area contributed by atoms with Crippen LogP contribution in [0.3, 0.4) is 0 Å². The highest BCUT2D eigenvalue weighted by Gasteiger charge is 2.21. The summed E-state index contributed by atoms with van der Waals surface area (Å²) in [4.78, 5) is 32.3. The van der Waals surface area contributed by atoms with E-state index in [4.69, 9.17) is 16.3 Å². The molecule has 1 aromatic rings. The Labute approximate surface area is 108 Å². The molecule has 6 nitrogen and oxygen atoms in total. The number of nitro benzene ring substituents is 1. The van der Waals surface area contributed by atoms with Crippen molar-refractivity contribution in [2.24, 2.45) is 0 Å². The molecule has 0 saturated carbocycles. The number of esters is 1. The molecule has 18 heavy (non-hydrogen) atoms. The van der Waals surface area contributed by atoms with Gasteiger partial charge in [-0.25, -0.2) is 0 Å². The normalized spacial score (nSPS) is 9.89. The van der Waals surface area contributed by atoms with Gasteiger partial charge in [0.15, 0.2) is 6.29 Å². The SMILES string of the molecule is CCOC(=O)Cc1c(Cl)ccc([N+](=O)[O-])c1C=O. The van der Waals surface area contributed by atoms with Gasteiger partial charge >= 0.3 is 5.97 Å². The van der Waals surface area contributed by atoms with Gasteiger partial charge in [-0.3, -0.25) is 19.7 Å². The first-order valence-corrected chi connectivity index (χ1v) is 5.45. The van der Waals surface area contributed by atoms with Crippen LogP contribution >= 0.6 is 11.6 Å². The molecule has 0 amide bonds. The third kappa shape index (κ3) is 3.04. The Balaban J connectivity index is 3.24. The topological polar surface area (TPSA) is 86.5 Å². The van der Waals surface area contributed by atoms with Crippen LogP contribution < -0.4 is 0 Å². The number of rotatable bonds is 5. The number of nitrogens with zero attached hydrogens (tertiary/aromatic N) is 1. The summed E-state index contributed by atoms with van der Waals surface area (Å²) in [6, 6.07) is 2.40. The average Bonchev–Trinajstić information content (AvgIpc) is 2.31. The molecule has 0 spiro atoms. The van der Waals surface area contributed by atoms with Gasteiger partial charge in [0.05, 0.1) is 23.5 Å². The Kier molecular flexibility index (Phi) is 4.79. The number of carbonyl (C=O) groups is 2. The lowest BCUT2D eigenvalue weighted by molar-refractivity contribution is -0.385. The molecule has 0 aromatic heterocycles. The lowest BCUT2D eigenvalue weighted by Crippen LogP contribution is -2.11. The summed E-state index contributed by atoms with van der Waals surface area (Å²) in [5, 5.41) is 10.9. The number of halogens is 1. The first kappa shape index (κ1) is 14.1. The molecular weight excluding hydrogens is 262 g/mol. The fourth-order valence-electron chi connectivity index (χ4n) is 1.45. The van der Waals surface area contributed by atoms with E-state index in [-0.39, 0.29) is 34.9 Å². The van der Waals surface area contributed by atoms with E-state index in [9.17, 15) is 19.7 Å². The van der Waals surface area contributed by atoms with Crippen molar-refractivity contribution < 1.29 is 19.2 Å². The van der Waals surface area contributed by atoms with Crippen LogP contribution in [-0.2, 0) is 16.0 Å². The first-order valence-electron chi connectivity index (χ1n) is 5.07. The summed E-state index contributed by atoms with van der Waals surface area (Å²) in [6.45, 7) is 1.81. The Morgan fingerprint density at radius 2 is 2.22 bits per heavy atom. The average molecular weight is 272 g/mol. The van der Waals surface area contributed by atoms with Crippen LogP contribution in [0, 0.1) is 10.1 Å². The maximum Gasteiger partial charge on any atom is 0.310 e. The molecule has 0 unspecified atom stereocenters. The molecule has 1 rings (SSSR count). The first-order chi connectivity index (χ1) is 8.51. The zero-order chi connectivity index (χ0) is 13.7. The largest absolute Gasteiger partial charge is 0.466 e. The molecule has 0 aliphatic carbocycles. The van der Waals surface area contributed by atoms with Crippen LogP contribution in [-0.4, -0.2) is 23.8 Å². The Hall–Kier alpha value is -1.95. The van der Waals surface area contributed by atoms with E-state index < -0.39 is 10.9 Å². The molecule has 0 fully saturated rings. The van der Waals surface area contributed by atoms with Gasteiger partial charge in [0, 0.05) is 11.1 Å². The van der Waals surface area contributed by atoms with E-state index >= 15 is 0 Å². The molecule has 96 valence electrons. The molecule has 1 aromatic carbocycles. The van der Waals surface area contributed by atoms with Crippen molar-refractivity contribution in [1.82, 2.24) is 0 Å². The Morgan fingerprint density at radius 1 is 1.56 bits per heavy atom. The fraction of sp³-hybridized carbons (Fsp3) is 0.273. The van der Waals surface area contributed by atoms with Crippen molar-refractivity contribution in [2.45, 2.75) is 13.3 Å². The molecule has 0 atom stereocenters. The summed E-state index contributed by atoms with van der Waals surface area (Å²) >= 11 is 5.84. The molecule has 0 aliphatic rings. The van der Waals surface area contributed by atoms with Crippen LogP contribution in [0.1, 0.15) is 22.8 Å². The number of ether oxygens (including phenoxy) is 1. The van der Waals surface area contributed by atoms with Crippen molar-refractivity contribution in [2.75, 3.05) is 6.61 Å². The quantitative estimate of drug-likeness (QED) is 0.354. The number of hydrogen-bond donors (Lipinski definition) is 0. The van der Waals surface area contributed by atoms with E-state index in [1.807, 2.05) is 0 Å². The monoisotopic (exact) mass is 271 g/mol. The standard InChI is InChI=1S/C11H10ClNO5/c1-2-18-11(15)5-7-8(6-14)10(13(16)17)4-3-9(7)12/h3-4,6H,2,5H2,1H3. The minimum Gasteiger partial charge on any atom is -0.466 e. The third-order valence-electron chi connectivity index (χ3n) is 2.22. The van der Waals surface area contributed by atoms with Gasteiger partial charge < -0.3 is 4.74 Å². The molecule has 0 radical (unpaired) electrons. The van der Waals surface area contributed by atoms with E-state index in [1.165, 1.54) is 6.07 Å². The molecule has 0 aliphatic heterocycles. The maximum atomic E-state index is 11.3. The van der Waals surface area contributed by atoms with Gasteiger partial charge in [0.25, 0.3) is 5.69 Å². The van der Waals surface area contributed by atoms with Crippen molar-refractivity contribution in [3.8, 4) is 0 Å². The zero-order valence-electron chi connectivity index (χ0n) is 9.51. The van der Waals surface area contributed by atoms with Crippen LogP contribution in [0.4, 0.5) is 5.69 Å². The van der Waals surface area contributed by atoms with E-state index in [0.717, 1.165) is 6.07 Å². The number of carbonyl (C=O) groups excluding carboxylic acids is 2. The van der Waals surface area contributed by atoms with Crippen molar-refractivity contribution >= 4 is 29.5 Å². The van der Waals surface area contributed by atoms with Crippen LogP contribution in [0.5, 0.6) is 0 Å². The smallest absolute Gasteiger partial charge is 0.310 e. The number of hydrogen-bond acceptors (Lipinski definition) is 5. The number of benzene rings is 1. The van der Waals surface area contributed by atoms with Crippen molar-refractivity contribution in [3.05, 3.63) is 38.4 Å². The molecule has 0 N–H and O–H groups in total. The van der Waals surface area contributed by atoms with Crippen molar-refractivity contribution in [1.29, 1.82) is 0 Å². The summed E-state index contributed by atoms with van der Waals surface area (Å²) in [5.41, 5.74) is -0.464. The summed E-state index contributed by atoms with van der Waals surface area (Å²) < 4.78 is 4.72. The predicted molar refractivity (Wildman–Crippen MR) is 63.8 cm³/mol. The van der Waals surface area contributed by atoms with E-state index in [2.05, 4.69) is 0 Å². The molecule has 7 heteroatoms. The lowest BCUT2D eigenvalue weighted by atomic mass is 10.0.